The Hall–Kier alpha value is -1.31. The second-order valence-corrected chi connectivity index (χ2v) is 4.45. The van der Waals surface area contributed by atoms with Gasteiger partial charge in [0.1, 0.15) is 11.5 Å². The smallest absolute Gasteiger partial charge is 0.129 e. The van der Waals surface area contributed by atoms with E-state index in [1.165, 1.54) is 11.1 Å². The van der Waals surface area contributed by atoms with Gasteiger partial charge in [-0.2, -0.15) is 0 Å². The lowest BCUT2D eigenvalue weighted by molar-refractivity contribution is -0.117. The number of hydrogen-bond acceptors (Lipinski definition) is 2. The van der Waals surface area contributed by atoms with Gasteiger partial charge in [0.15, 0.2) is 0 Å². The number of fused-ring (bicyclic) bond motifs is 1. The quantitative estimate of drug-likeness (QED) is 0.776. The fourth-order valence-electron chi connectivity index (χ4n) is 2.11. The Bertz CT molecular complexity index is 382. The number of ether oxygens (including phenoxy) is 1. The van der Waals surface area contributed by atoms with Gasteiger partial charge in [-0.05, 0) is 49.8 Å². The fraction of sp³-hybridized carbons (Fsp3) is 0.500. The van der Waals surface area contributed by atoms with Crippen molar-refractivity contribution in [2.24, 2.45) is 0 Å². The molecular formula is C14H18O2. The van der Waals surface area contributed by atoms with Crippen LogP contribution in [-0.2, 0) is 17.6 Å². The number of carbonyl (C=O) groups excluding carboxylic acids is 1. The molecule has 0 bridgehead atoms. The van der Waals surface area contributed by atoms with E-state index < -0.39 is 0 Å². The predicted octanol–water partition coefficient (Wildman–Crippen LogP) is 2.92. The second-order valence-electron chi connectivity index (χ2n) is 4.45. The number of ketones is 1. The van der Waals surface area contributed by atoms with Crippen LogP contribution in [0.15, 0.2) is 18.2 Å². The van der Waals surface area contributed by atoms with Crippen LogP contribution in [0.1, 0.15) is 37.3 Å². The van der Waals surface area contributed by atoms with Crippen LogP contribution in [-0.4, -0.2) is 12.4 Å². The van der Waals surface area contributed by atoms with Gasteiger partial charge < -0.3 is 9.53 Å². The maximum Gasteiger partial charge on any atom is 0.129 e. The van der Waals surface area contributed by atoms with E-state index in [1.807, 2.05) is 0 Å². The standard InChI is InChI=1S/C14H18O2/c1-11(15)4-2-5-12-7-8-14-13(10-12)6-3-9-16-14/h7-8,10H,2-6,9H2,1H3. The van der Waals surface area contributed by atoms with Crippen molar-refractivity contribution in [1.82, 2.24) is 0 Å². The zero-order valence-electron chi connectivity index (χ0n) is 9.79. The molecule has 2 rings (SSSR count). The van der Waals surface area contributed by atoms with Crippen LogP contribution >= 0.6 is 0 Å². The molecule has 0 N–H and O–H groups in total. The molecule has 0 saturated heterocycles. The lowest BCUT2D eigenvalue weighted by atomic mass is 10.00. The number of benzene rings is 1. The Labute approximate surface area is 96.6 Å². The van der Waals surface area contributed by atoms with E-state index in [0.717, 1.165) is 38.0 Å². The van der Waals surface area contributed by atoms with E-state index >= 15 is 0 Å². The topological polar surface area (TPSA) is 26.3 Å². The molecule has 2 nitrogen and oxygen atoms in total. The first kappa shape index (κ1) is 11.2. The molecule has 0 radical (unpaired) electrons. The molecular weight excluding hydrogens is 200 g/mol. The highest BCUT2D eigenvalue weighted by molar-refractivity contribution is 5.75. The first-order valence-corrected chi connectivity index (χ1v) is 6.00. The van der Waals surface area contributed by atoms with Gasteiger partial charge in [0.25, 0.3) is 0 Å². The number of hydrogen-bond donors (Lipinski definition) is 0. The molecule has 1 aliphatic rings. The van der Waals surface area contributed by atoms with Crippen LogP contribution < -0.4 is 4.74 Å². The molecule has 86 valence electrons. The molecule has 0 saturated carbocycles. The normalized spacial score (nSPS) is 14.1. The van der Waals surface area contributed by atoms with E-state index in [4.69, 9.17) is 4.74 Å². The third-order valence-electron chi connectivity index (χ3n) is 2.97. The van der Waals surface area contributed by atoms with Crippen LogP contribution in [0.25, 0.3) is 0 Å². The van der Waals surface area contributed by atoms with E-state index in [0.29, 0.717) is 6.42 Å². The lowest BCUT2D eigenvalue weighted by Gasteiger charge is -2.17. The summed E-state index contributed by atoms with van der Waals surface area (Å²) in [5, 5.41) is 0. The van der Waals surface area contributed by atoms with Gasteiger partial charge in [0.05, 0.1) is 6.61 Å². The van der Waals surface area contributed by atoms with Crippen molar-refractivity contribution >= 4 is 5.78 Å². The Kier molecular flexibility index (Phi) is 3.60. The van der Waals surface area contributed by atoms with Crippen molar-refractivity contribution in [3.05, 3.63) is 29.3 Å². The van der Waals surface area contributed by atoms with Gasteiger partial charge in [-0.3, -0.25) is 0 Å². The minimum absolute atomic E-state index is 0.279. The Balaban J connectivity index is 1.97. The maximum atomic E-state index is 10.8. The van der Waals surface area contributed by atoms with E-state index in [9.17, 15) is 4.79 Å². The van der Waals surface area contributed by atoms with Gasteiger partial charge in [-0.15, -0.1) is 0 Å². The summed E-state index contributed by atoms with van der Waals surface area (Å²) >= 11 is 0. The highest BCUT2D eigenvalue weighted by atomic mass is 16.5. The molecule has 0 atom stereocenters. The highest BCUT2D eigenvalue weighted by Crippen LogP contribution is 2.26. The molecule has 16 heavy (non-hydrogen) atoms. The zero-order valence-corrected chi connectivity index (χ0v) is 9.79. The van der Waals surface area contributed by atoms with Gasteiger partial charge in [-0.1, -0.05) is 12.1 Å². The number of carbonyl (C=O) groups is 1. The molecule has 0 amide bonds. The van der Waals surface area contributed by atoms with Crippen LogP contribution in [0.2, 0.25) is 0 Å². The summed E-state index contributed by atoms with van der Waals surface area (Å²) < 4.78 is 5.57. The van der Waals surface area contributed by atoms with Crippen LogP contribution in [0, 0.1) is 0 Å². The molecule has 0 aromatic heterocycles. The minimum atomic E-state index is 0.279. The van der Waals surface area contributed by atoms with Crippen molar-refractivity contribution in [2.75, 3.05) is 6.61 Å². The maximum absolute atomic E-state index is 10.8. The van der Waals surface area contributed by atoms with Gasteiger partial charge >= 0.3 is 0 Å². The van der Waals surface area contributed by atoms with Crippen LogP contribution in [0.3, 0.4) is 0 Å². The molecule has 1 aromatic rings. The SMILES string of the molecule is CC(=O)CCCc1ccc2c(c1)CCCO2. The summed E-state index contributed by atoms with van der Waals surface area (Å²) in [6, 6.07) is 6.41. The molecule has 0 unspecified atom stereocenters. The highest BCUT2D eigenvalue weighted by Gasteiger charge is 2.10. The van der Waals surface area contributed by atoms with E-state index in [-0.39, 0.29) is 5.78 Å². The van der Waals surface area contributed by atoms with Crippen molar-refractivity contribution in [3.8, 4) is 5.75 Å². The average Bonchev–Trinajstić information content (AvgIpc) is 2.28. The van der Waals surface area contributed by atoms with Crippen molar-refractivity contribution in [1.29, 1.82) is 0 Å². The van der Waals surface area contributed by atoms with Crippen molar-refractivity contribution in [2.45, 2.75) is 39.0 Å². The number of Topliss-reactive ketones (excluding diaryl/α,β-unsaturated/α-hetero) is 1. The number of rotatable bonds is 4. The first-order valence-electron chi connectivity index (χ1n) is 6.00. The molecule has 0 aliphatic carbocycles. The zero-order chi connectivity index (χ0) is 11.4. The summed E-state index contributed by atoms with van der Waals surface area (Å²) in [7, 11) is 0. The van der Waals surface area contributed by atoms with Crippen molar-refractivity contribution < 1.29 is 9.53 Å². The predicted molar refractivity (Wildman–Crippen MR) is 63.9 cm³/mol. The summed E-state index contributed by atoms with van der Waals surface area (Å²) in [5.74, 6) is 1.32. The molecule has 1 heterocycles. The molecule has 0 spiro atoms. The van der Waals surface area contributed by atoms with Crippen LogP contribution in [0.5, 0.6) is 5.75 Å². The average molecular weight is 218 g/mol. The fourth-order valence-corrected chi connectivity index (χ4v) is 2.11. The lowest BCUT2D eigenvalue weighted by Crippen LogP contribution is -2.08. The van der Waals surface area contributed by atoms with Crippen LogP contribution in [0.4, 0.5) is 0 Å². The van der Waals surface area contributed by atoms with Gasteiger partial charge in [0, 0.05) is 6.42 Å². The van der Waals surface area contributed by atoms with Gasteiger partial charge in [-0.25, -0.2) is 0 Å². The monoisotopic (exact) mass is 218 g/mol. The Morgan fingerprint density at radius 3 is 3.12 bits per heavy atom. The first-order chi connectivity index (χ1) is 7.75. The molecule has 1 aliphatic heterocycles. The van der Waals surface area contributed by atoms with Gasteiger partial charge in [0.2, 0.25) is 0 Å². The number of aryl methyl sites for hydroxylation is 2. The summed E-state index contributed by atoms with van der Waals surface area (Å²) in [5.41, 5.74) is 2.65. The second kappa shape index (κ2) is 5.15. The third kappa shape index (κ3) is 2.84. The summed E-state index contributed by atoms with van der Waals surface area (Å²) in [6.07, 6.45) is 4.87. The Morgan fingerprint density at radius 1 is 1.44 bits per heavy atom. The third-order valence-corrected chi connectivity index (χ3v) is 2.97. The van der Waals surface area contributed by atoms with E-state index in [2.05, 4.69) is 18.2 Å². The minimum Gasteiger partial charge on any atom is -0.493 e. The van der Waals surface area contributed by atoms with E-state index in [1.54, 1.807) is 6.92 Å². The molecule has 0 fully saturated rings. The molecule has 2 heteroatoms. The summed E-state index contributed by atoms with van der Waals surface area (Å²) in [6.45, 7) is 2.50. The largest absolute Gasteiger partial charge is 0.493 e. The van der Waals surface area contributed by atoms with Crippen molar-refractivity contribution in [3.63, 3.8) is 0 Å². The summed E-state index contributed by atoms with van der Waals surface area (Å²) in [4.78, 5) is 10.8. The molecule has 1 aromatic carbocycles. The Morgan fingerprint density at radius 2 is 2.31 bits per heavy atom.